The Morgan fingerprint density at radius 3 is 2.67 bits per heavy atom. The van der Waals surface area contributed by atoms with Gasteiger partial charge in [0.25, 0.3) is 0 Å². The van der Waals surface area contributed by atoms with Crippen LogP contribution in [-0.2, 0) is 5.33 Å². The first-order valence-corrected chi connectivity index (χ1v) is 8.11. The lowest BCUT2D eigenvalue weighted by molar-refractivity contribution is 0.232. The number of unbranched alkanes of at least 4 members (excludes halogenated alkanes) is 1. The molecule has 0 fully saturated rings. The standard InChI is InChI=1S/C16H25BrO/c1-4-6-7-14(5-2)12-18-16-9-8-13(3)10-15(16)11-17/h8-10,14H,4-7,11-12H2,1-3H3. The van der Waals surface area contributed by atoms with Crippen molar-refractivity contribution < 1.29 is 4.74 Å². The molecule has 0 aliphatic heterocycles. The Balaban J connectivity index is 2.56. The maximum atomic E-state index is 6.00. The Morgan fingerprint density at radius 1 is 1.28 bits per heavy atom. The van der Waals surface area contributed by atoms with Gasteiger partial charge in [0.05, 0.1) is 6.61 Å². The summed E-state index contributed by atoms with van der Waals surface area (Å²) in [4.78, 5) is 0. The number of hydrogen-bond donors (Lipinski definition) is 0. The molecule has 0 aromatic heterocycles. The van der Waals surface area contributed by atoms with Crippen LogP contribution in [0.15, 0.2) is 18.2 Å². The summed E-state index contributed by atoms with van der Waals surface area (Å²) in [7, 11) is 0. The Morgan fingerprint density at radius 2 is 2.06 bits per heavy atom. The van der Waals surface area contributed by atoms with Gasteiger partial charge >= 0.3 is 0 Å². The van der Waals surface area contributed by atoms with Crippen molar-refractivity contribution >= 4 is 15.9 Å². The van der Waals surface area contributed by atoms with Crippen molar-refractivity contribution in [2.45, 2.75) is 51.8 Å². The third-order valence-electron chi connectivity index (χ3n) is 3.38. The normalized spacial score (nSPS) is 12.4. The van der Waals surface area contributed by atoms with Crippen LogP contribution in [0.5, 0.6) is 5.75 Å². The predicted molar refractivity (Wildman–Crippen MR) is 82.6 cm³/mol. The average molecular weight is 313 g/mol. The van der Waals surface area contributed by atoms with Crippen molar-refractivity contribution in [1.29, 1.82) is 0 Å². The van der Waals surface area contributed by atoms with E-state index in [0.29, 0.717) is 5.92 Å². The first-order valence-electron chi connectivity index (χ1n) is 6.99. The molecule has 0 bridgehead atoms. The molecule has 2 heteroatoms. The number of rotatable bonds is 8. The number of hydrogen-bond acceptors (Lipinski definition) is 1. The third kappa shape index (κ3) is 5.01. The molecule has 0 radical (unpaired) electrons. The Labute approximate surface area is 120 Å². The fourth-order valence-electron chi connectivity index (χ4n) is 2.06. The largest absolute Gasteiger partial charge is 0.493 e. The van der Waals surface area contributed by atoms with Crippen LogP contribution in [0.2, 0.25) is 0 Å². The molecule has 1 unspecified atom stereocenters. The van der Waals surface area contributed by atoms with E-state index in [9.17, 15) is 0 Å². The van der Waals surface area contributed by atoms with E-state index in [0.717, 1.165) is 17.7 Å². The molecule has 0 amide bonds. The summed E-state index contributed by atoms with van der Waals surface area (Å²) in [6.45, 7) is 7.46. The molecule has 0 saturated carbocycles. The van der Waals surface area contributed by atoms with Gasteiger partial charge in [0.15, 0.2) is 0 Å². The van der Waals surface area contributed by atoms with Gasteiger partial charge < -0.3 is 4.74 Å². The van der Waals surface area contributed by atoms with E-state index in [1.165, 1.54) is 36.8 Å². The van der Waals surface area contributed by atoms with Gasteiger partial charge in [0, 0.05) is 10.9 Å². The van der Waals surface area contributed by atoms with Gasteiger partial charge in [-0.15, -0.1) is 0 Å². The minimum atomic E-state index is 0.689. The summed E-state index contributed by atoms with van der Waals surface area (Å²) in [5.41, 5.74) is 2.54. The van der Waals surface area contributed by atoms with Crippen LogP contribution >= 0.6 is 15.9 Å². The van der Waals surface area contributed by atoms with Gasteiger partial charge in [-0.3, -0.25) is 0 Å². The molecule has 0 aliphatic carbocycles. The topological polar surface area (TPSA) is 9.23 Å². The minimum absolute atomic E-state index is 0.689. The fourth-order valence-corrected chi connectivity index (χ4v) is 2.50. The summed E-state index contributed by atoms with van der Waals surface area (Å²) in [6.07, 6.45) is 5.06. The maximum Gasteiger partial charge on any atom is 0.123 e. The highest BCUT2D eigenvalue weighted by atomic mass is 79.9. The van der Waals surface area contributed by atoms with Crippen LogP contribution in [-0.4, -0.2) is 6.61 Å². The highest BCUT2D eigenvalue weighted by Gasteiger charge is 2.09. The van der Waals surface area contributed by atoms with Crippen LogP contribution in [0.1, 0.15) is 50.7 Å². The number of ether oxygens (including phenoxy) is 1. The molecule has 1 nitrogen and oxygen atoms in total. The van der Waals surface area contributed by atoms with Gasteiger partial charge in [-0.25, -0.2) is 0 Å². The van der Waals surface area contributed by atoms with Gasteiger partial charge in [0.2, 0.25) is 0 Å². The molecule has 0 N–H and O–H groups in total. The van der Waals surface area contributed by atoms with Crippen molar-refractivity contribution in [2.75, 3.05) is 6.61 Å². The highest BCUT2D eigenvalue weighted by Crippen LogP contribution is 2.24. The molecule has 1 atom stereocenters. The third-order valence-corrected chi connectivity index (χ3v) is 3.98. The lowest BCUT2D eigenvalue weighted by Crippen LogP contribution is -2.12. The highest BCUT2D eigenvalue weighted by molar-refractivity contribution is 9.08. The number of halogens is 1. The summed E-state index contributed by atoms with van der Waals surface area (Å²) in [5, 5.41) is 0.857. The molecule has 1 aromatic carbocycles. The zero-order chi connectivity index (χ0) is 13.4. The number of benzene rings is 1. The fraction of sp³-hybridized carbons (Fsp3) is 0.625. The van der Waals surface area contributed by atoms with Crippen molar-refractivity contribution in [2.24, 2.45) is 5.92 Å². The lowest BCUT2D eigenvalue weighted by Gasteiger charge is -2.17. The van der Waals surface area contributed by atoms with Crippen molar-refractivity contribution in [3.8, 4) is 5.75 Å². The zero-order valence-corrected chi connectivity index (χ0v) is 13.4. The lowest BCUT2D eigenvalue weighted by atomic mass is 10.0. The molecule has 0 heterocycles. The van der Waals surface area contributed by atoms with Gasteiger partial charge in [0.1, 0.15) is 5.75 Å². The van der Waals surface area contributed by atoms with Crippen LogP contribution in [0.25, 0.3) is 0 Å². The van der Waals surface area contributed by atoms with E-state index < -0.39 is 0 Å². The van der Waals surface area contributed by atoms with E-state index in [1.54, 1.807) is 0 Å². The monoisotopic (exact) mass is 312 g/mol. The molecule has 0 saturated heterocycles. The van der Waals surface area contributed by atoms with Crippen LogP contribution in [0.4, 0.5) is 0 Å². The second-order valence-corrected chi connectivity index (χ2v) is 5.53. The molecule has 1 aromatic rings. The Kier molecular flexibility index (Phi) is 7.41. The van der Waals surface area contributed by atoms with E-state index >= 15 is 0 Å². The Hall–Kier alpha value is -0.500. The van der Waals surface area contributed by atoms with E-state index in [1.807, 2.05) is 0 Å². The van der Waals surface area contributed by atoms with Crippen LogP contribution in [0.3, 0.4) is 0 Å². The average Bonchev–Trinajstić information content (AvgIpc) is 2.40. The molecular formula is C16H25BrO. The predicted octanol–water partition coefficient (Wildman–Crippen LogP) is 5.49. The van der Waals surface area contributed by atoms with Crippen molar-refractivity contribution in [3.63, 3.8) is 0 Å². The Bertz CT molecular complexity index is 349. The molecule has 102 valence electrons. The maximum absolute atomic E-state index is 6.00. The van der Waals surface area contributed by atoms with Gasteiger partial charge in [-0.1, -0.05) is 66.7 Å². The second-order valence-electron chi connectivity index (χ2n) is 4.97. The second kappa shape index (κ2) is 8.58. The van der Waals surface area contributed by atoms with E-state index in [4.69, 9.17) is 4.74 Å². The first-order chi connectivity index (χ1) is 8.71. The molecule has 18 heavy (non-hydrogen) atoms. The summed E-state index contributed by atoms with van der Waals surface area (Å²) < 4.78 is 6.00. The molecule has 0 aliphatic rings. The molecular weight excluding hydrogens is 288 g/mol. The van der Waals surface area contributed by atoms with E-state index in [2.05, 4.69) is 54.9 Å². The van der Waals surface area contributed by atoms with Crippen molar-refractivity contribution in [3.05, 3.63) is 29.3 Å². The zero-order valence-electron chi connectivity index (χ0n) is 11.8. The van der Waals surface area contributed by atoms with Gasteiger partial charge in [-0.05, 0) is 25.3 Å². The number of aryl methyl sites for hydroxylation is 1. The first kappa shape index (κ1) is 15.6. The smallest absolute Gasteiger partial charge is 0.123 e. The van der Waals surface area contributed by atoms with Crippen molar-refractivity contribution in [1.82, 2.24) is 0 Å². The number of alkyl halides is 1. The molecule has 0 spiro atoms. The summed E-state index contributed by atoms with van der Waals surface area (Å²) in [6, 6.07) is 6.41. The molecule has 1 rings (SSSR count). The van der Waals surface area contributed by atoms with E-state index in [-0.39, 0.29) is 0 Å². The van der Waals surface area contributed by atoms with Crippen LogP contribution < -0.4 is 4.74 Å². The van der Waals surface area contributed by atoms with Gasteiger partial charge in [-0.2, -0.15) is 0 Å². The SMILES string of the molecule is CCCCC(CC)COc1ccc(C)cc1CBr. The summed E-state index contributed by atoms with van der Waals surface area (Å²) >= 11 is 3.53. The summed E-state index contributed by atoms with van der Waals surface area (Å²) in [5.74, 6) is 1.72. The minimum Gasteiger partial charge on any atom is -0.493 e. The quantitative estimate of drug-likeness (QED) is 0.577. The van der Waals surface area contributed by atoms with Crippen LogP contribution in [0, 0.1) is 12.8 Å².